The van der Waals surface area contributed by atoms with Gasteiger partial charge in [-0.05, 0) is 50.4 Å². The van der Waals surface area contributed by atoms with Crippen molar-refractivity contribution in [3.63, 3.8) is 0 Å². The fraction of sp³-hybridized carbons (Fsp3) is 1.00. The normalized spacial score (nSPS) is 28.3. The van der Waals surface area contributed by atoms with Crippen molar-refractivity contribution in [1.29, 1.82) is 0 Å². The second-order valence-corrected chi connectivity index (χ2v) is 4.67. The molecule has 2 saturated heterocycles. The van der Waals surface area contributed by atoms with E-state index in [9.17, 15) is 0 Å². The molecule has 81 valence electrons. The summed E-state index contributed by atoms with van der Waals surface area (Å²) in [6.45, 7) is 4.23. The largest absolute Gasteiger partial charge is 0.381 e. The van der Waals surface area contributed by atoms with Crippen LogP contribution in [0.1, 0.15) is 38.5 Å². The smallest absolute Gasteiger partial charge is 0.0468 e. The maximum Gasteiger partial charge on any atom is 0.0468 e. The Bertz CT molecular complexity index is 146. The van der Waals surface area contributed by atoms with E-state index in [1.54, 1.807) is 0 Å². The Labute approximate surface area is 87.4 Å². The van der Waals surface area contributed by atoms with Gasteiger partial charge in [0.1, 0.15) is 0 Å². The number of hydrogen-bond donors (Lipinski definition) is 0. The predicted octanol–water partition coefficient (Wildman–Crippen LogP) is 2.21. The lowest BCUT2D eigenvalue weighted by Gasteiger charge is -2.31. The second kappa shape index (κ2) is 5.72. The zero-order chi connectivity index (χ0) is 9.64. The van der Waals surface area contributed by atoms with Crippen LogP contribution in [0.5, 0.6) is 0 Å². The molecular formula is C12H22NO. The van der Waals surface area contributed by atoms with Crippen molar-refractivity contribution in [2.24, 2.45) is 11.8 Å². The van der Waals surface area contributed by atoms with Crippen molar-refractivity contribution in [2.75, 3.05) is 26.3 Å². The zero-order valence-corrected chi connectivity index (χ0v) is 9.08. The van der Waals surface area contributed by atoms with Crippen LogP contribution in [0.2, 0.25) is 0 Å². The molecule has 0 spiro atoms. The van der Waals surface area contributed by atoms with E-state index in [-0.39, 0.29) is 0 Å². The van der Waals surface area contributed by atoms with E-state index in [1.807, 2.05) is 0 Å². The Kier molecular flexibility index (Phi) is 4.26. The van der Waals surface area contributed by atoms with Gasteiger partial charge in [0.15, 0.2) is 0 Å². The van der Waals surface area contributed by atoms with Gasteiger partial charge in [-0.1, -0.05) is 0 Å². The van der Waals surface area contributed by atoms with Gasteiger partial charge >= 0.3 is 0 Å². The highest BCUT2D eigenvalue weighted by Crippen LogP contribution is 2.31. The van der Waals surface area contributed by atoms with Crippen molar-refractivity contribution in [3.8, 4) is 0 Å². The Morgan fingerprint density at radius 1 is 0.786 bits per heavy atom. The molecule has 14 heavy (non-hydrogen) atoms. The molecule has 0 aromatic carbocycles. The van der Waals surface area contributed by atoms with Gasteiger partial charge in [0.25, 0.3) is 0 Å². The standard InChI is InChI=1S/C12H22NO/c1-3-11(4-2-8-13-7-1)12-5-9-14-10-6-12/h11-12H,1-10H2. The summed E-state index contributed by atoms with van der Waals surface area (Å²) in [5.41, 5.74) is 0. The second-order valence-electron chi connectivity index (χ2n) is 4.67. The quantitative estimate of drug-likeness (QED) is 0.630. The molecule has 2 nitrogen and oxygen atoms in total. The average molecular weight is 196 g/mol. The molecule has 0 amide bonds. The van der Waals surface area contributed by atoms with E-state index in [2.05, 4.69) is 5.32 Å². The van der Waals surface area contributed by atoms with Crippen LogP contribution < -0.4 is 5.32 Å². The molecule has 0 saturated carbocycles. The Morgan fingerprint density at radius 3 is 2.00 bits per heavy atom. The van der Waals surface area contributed by atoms with Gasteiger partial charge in [-0.3, -0.25) is 0 Å². The van der Waals surface area contributed by atoms with E-state index in [1.165, 1.54) is 38.5 Å². The van der Waals surface area contributed by atoms with Crippen LogP contribution in [-0.4, -0.2) is 26.3 Å². The lowest BCUT2D eigenvalue weighted by Crippen LogP contribution is -2.26. The third-order valence-electron chi connectivity index (χ3n) is 3.71. The predicted molar refractivity (Wildman–Crippen MR) is 57.4 cm³/mol. The van der Waals surface area contributed by atoms with Crippen LogP contribution in [0.3, 0.4) is 0 Å². The van der Waals surface area contributed by atoms with Gasteiger partial charge in [0.2, 0.25) is 0 Å². The highest BCUT2D eigenvalue weighted by Gasteiger charge is 2.23. The summed E-state index contributed by atoms with van der Waals surface area (Å²) in [6.07, 6.45) is 8.08. The van der Waals surface area contributed by atoms with Gasteiger partial charge in [0, 0.05) is 26.3 Å². The van der Waals surface area contributed by atoms with Gasteiger partial charge < -0.3 is 4.74 Å². The van der Waals surface area contributed by atoms with E-state index in [0.717, 1.165) is 38.1 Å². The van der Waals surface area contributed by atoms with E-state index >= 15 is 0 Å². The van der Waals surface area contributed by atoms with Crippen molar-refractivity contribution in [2.45, 2.75) is 38.5 Å². The summed E-state index contributed by atoms with van der Waals surface area (Å²) >= 11 is 0. The molecule has 2 heterocycles. The highest BCUT2D eigenvalue weighted by atomic mass is 16.5. The average Bonchev–Trinajstić information content (AvgIpc) is 2.18. The summed E-state index contributed by atoms with van der Waals surface area (Å²) in [4.78, 5) is 0. The molecule has 0 atom stereocenters. The third kappa shape index (κ3) is 2.96. The molecule has 2 aliphatic rings. The minimum atomic E-state index is 0.960. The van der Waals surface area contributed by atoms with Crippen LogP contribution >= 0.6 is 0 Å². The molecule has 2 rings (SSSR count). The maximum absolute atomic E-state index is 5.43. The van der Waals surface area contributed by atoms with Gasteiger partial charge in [0.05, 0.1) is 0 Å². The molecule has 0 aromatic rings. The topological polar surface area (TPSA) is 23.3 Å². The molecule has 0 aliphatic carbocycles. The van der Waals surface area contributed by atoms with Crippen molar-refractivity contribution < 1.29 is 4.74 Å². The zero-order valence-electron chi connectivity index (χ0n) is 9.08. The summed E-state index contributed by atoms with van der Waals surface area (Å²) in [7, 11) is 0. The molecule has 2 heteroatoms. The molecule has 0 bridgehead atoms. The number of hydrogen-bond acceptors (Lipinski definition) is 1. The van der Waals surface area contributed by atoms with Gasteiger partial charge in [-0.25, -0.2) is 5.32 Å². The fourth-order valence-corrected chi connectivity index (χ4v) is 2.85. The lowest BCUT2D eigenvalue weighted by atomic mass is 9.80. The fourth-order valence-electron chi connectivity index (χ4n) is 2.85. The summed E-state index contributed by atoms with van der Waals surface area (Å²) < 4.78 is 5.43. The van der Waals surface area contributed by atoms with Crippen molar-refractivity contribution >= 4 is 0 Å². The van der Waals surface area contributed by atoms with E-state index in [4.69, 9.17) is 4.74 Å². The molecule has 2 fully saturated rings. The summed E-state index contributed by atoms with van der Waals surface area (Å²) in [5.74, 6) is 1.94. The maximum atomic E-state index is 5.43. The minimum Gasteiger partial charge on any atom is -0.381 e. The summed E-state index contributed by atoms with van der Waals surface area (Å²) in [5, 5.41) is 4.49. The lowest BCUT2D eigenvalue weighted by molar-refractivity contribution is 0.0417. The van der Waals surface area contributed by atoms with E-state index in [0.29, 0.717) is 0 Å². The molecule has 1 radical (unpaired) electrons. The molecule has 2 aliphatic heterocycles. The SMILES string of the molecule is C1C[N]CCCC(C2CCOCC2)C1. The summed E-state index contributed by atoms with van der Waals surface area (Å²) in [6, 6.07) is 0. The van der Waals surface area contributed by atoms with Crippen molar-refractivity contribution in [3.05, 3.63) is 0 Å². The van der Waals surface area contributed by atoms with Crippen LogP contribution in [-0.2, 0) is 4.74 Å². The first-order valence-electron chi connectivity index (χ1n) is 6.18. The first-order valence-corrected chi connectivity index (χ1v) is 6.18. The molecular weight excluding hydrogens is 174 g/mol. The van der Waals surface area contributed by atoms with Crippen molar-refractivity contribution in [1.82, 2.24) is 5.32 Å². The molecule has 0 aromatic heterocycles. The monoisotopic (exact) mass is 196 g/mol. The van der Waals surface area contributed by atoms with Crippen LogP contribution in [0.25, 0.3) is 0 Å². The number of rotatable bonds is 1. The minimum absolute atomic E-state index is 0.960. The molecule has 0 N–H and O–H groups in total. The molecule has 0 unspecified atom stereocenters. The number of ether oxygens (including phenoxy) is 1. The Balaban J connectivity index is 1.80. The first kappa shape index (κ1) is 10.4. The first-order chi connectivity index (χ1) is 6.97. The van der Waals surface area contributed by atoms with Gasteiger partial charge in [-0.15, -0.1) is 0 Å². The number of nitrogens with zero attached hydrogens (tertiary/aromatic N) is 1. The van der Waals surface area contributed by atoms with Gasteiger partial charge in [-0.2, -0.15) is 0 Å². The van der Waals surface area contributed by atoms with Crippen LogP contribution in [0.4, 0.5) is 0 Å². The van der Waals surface area contributed by atoms with E-state index < -0.39 is 0 Å². The highest BCUT2D eigenvalue weighted by molar-refractivity contribution is 4.75. The van der Waals surface area contributed by atoms with Crippen LogP contribution in [0.15, 0.2) is 0 Å². The Hall–Kier alpha value is -0.0800. The Morgan fingerprint density at radius 2 is 1.36 bits per heavy atom. The third-order valence-corrected chi connectivity index (χ3v) is 3.71. The van der Waals surface area contributed by atoms with Crippen LogP contribution in [0, 0.1) is 11.8 Å².